The van der Waals surface area contributed by atoms with Gasteiger partial charge < -0.3 is 20.8 Å². The SMILES string of the molecule is CNCc1ccc(SC(F)(F)F)cc1.Cc1ccc(Cl)cc1.O=CO.OC1CCNC1. The zero-order valence-corrected chi connectivity index (χ0v) is 18.9. The molecule has 0 radical (unpaired) electrons. The van der Waals surface area contributed by atoms with Crippen LogP contribution in [0.15, 0.2) is 53.4 Å². The molecule has 1 saturated heterocycles. The molecule has 1 heterocycles. The first kappa shape index (κ1) is 29.2. The normalized spacial score (nSPS) is 14.7. The second kappa shape index (κ2) is 16.9. The molecule has 1 unspecified atom stereocenters. The van der Waals surface area contributed by atoms with Gasteiger partial charge in [-0.25, -0.2) is 0 Å². The first-order valence-corrected chi connectivity index (χ1v) is 10.5. The molecule has 10 heteroatoms. The molecule has 3 rings (SSSR count). The van der Waals surface area contributed by atoms with Gasteiger partial charge in [-0.1, -0.05) is 41.4 Å². The van der Waals surface area contributed by atoms with E-state index in [4.69, 9.17) is 26.6 Å². The third-order valence-corrected chi connectivity index (χ3v) is 4.57. The van der Waals surface area contributed by atoms with Crippen molar-refractivity contribution in [2.75, 3.05) is 20.1 Å². The predicted octanol–water partition coefficient (Wildman–Crippen LogP) is 4.71. The molecule has 0 amide bonds. The smallest absolute Gasteiger partial charge is 0.446 e. The van der Waals surface area contributed by atoms with E-state index in [1.165, 1.54) is 17.7 Å². The molecule has 0 bridgehead atoms. The monoisotopic (exact) mass is 480 g/mol. The van der Waals surface area contributed by atoms with Gasteiger partial charge in [-0.15, -0.1) is 0 Å². The maximum absolute atomic E-state index is 11.9. The number of benzene rings is 2. The number of carboxylic acid groups (broad SMARTS) is 1. The average Bonchev–Trinajstić information content (AvgIpc) is 3.17. The molecule has 174 valence electrons. The Morgan fingerprint density at radius 2 is 1.74 bits per heavy atom. The van der Waals surface area contributed by atoms with Crippen molar-refractivity contribution in [2.24, 2.45) is 0 Å². The first-order chi connectivity index (χ1) is 14.6. The molecule has 0 aliphatic carbocycles. The standard InChI is InChI=1S/C9H10F3NS.C7H7Cl.C4H9NO.CH2O2/c1-13-6-7-2-4-8(5-3-7)14-9(10,11)12;1-6-2-4-7(8)5-3-6;6-4-1-2-5-3-4;2-1-3/h2-5,13H,6H2,1H3;2-5H,1H3;4-6H,1-3H2;1H,(H,2,3). The summed E-state index contributed by atoms with van der Waals surface area (Å²) < 4.78 is 35.8. The van der Waals surface area contributed by atoms with E-state index >= 15 is 0 Å². The van der Waals surface area contributed by atoms with Crippen molar-refractivity contribution in [1.82, 2.24) is 10.6 Å². The number of aliphatic hydroxyl groups is 1. The van der Waals surface area contributed by atoms with Crippen LogP contribution in [-0.2, 0) is 11.3 Å². The van der Waals surface area contributed by atoms with Crippen LogP contribution in [0.25, 0.3) is 0 Å². The summed E-state index contributed by atoms with van der Waals surface area (Å²) in [7, 11) is 1.79. The molecule has 5 nitrogen and oxygen atoms in total. The van der Waals surface area contributed by atoms with Gasteiger partial charge in [-0.2, -0.15) is 13.2 Å². The molecule has 0 saturated carbocycles. The molecule has 2 aromatic rings. The zero-order chi connectivity index (χ0) is 23.7. The number of aryl methyl sites for hydroxylation is 1. The van der Waals surface area contributed by atoms with Crippen molar-refractivity contribution in [3.05, 3.63) is 64.7 Å². The first-order valence-electron chi connectivity index (χ1n) is 9.29. The summed E-state index contributed by atoms with van der Waals surface area (Å²) in [5.74, 6) is 0. The van der Waals surface area contributed by atoms with Gasteiger partial charge in [0.1, 0.15) is 0 Å². The van der Waals surface area contributed by atoms with E-state index in [0.29, 0.717) is 6.54 Å². The van der Waals surface area contributed by atoms with E-state index < -0.39 is 5.51 Å². The highest BCUT2D eigenvalue weighted by molar-refractivity contribution is 8.00. The number of nitrogens with one attached hydrogen (secondary N) is 2. The number of aliphatic hydroxyl groups excluding tert-OH is 1. The van der Waals surface area contributed by atoms with Crippen LogP contribution in [0.2, 0.25) is 5.02 Å². The van der Waals surface area contributed by atoms with Crippen LogP contribution < -0.4 is 10.6 Å². The zero-order valence-electron chi connectivity index (χ0n) is 17.3. The molecule has 1 fully saturated rings. The lowest BCUT2D eigenvalue weighted by atomic mass is 10.2. The topological polar surface area (TPSA) is 81.6 Å². The Balaban J connectivity index is 0.000000445. The Morgan fingerprint density at radius 1 is 1.19 bits per heavy atom. The second-order valence-electron chi connectivity index (χ2n) is 6.27. The number of hydrogen-bond acceptors (Lipinski definition) is 5. The summed E-state index contributed by atoms with van der Waals surface area (Å²) in [4.78, 5) is 8.58. The summed E-state index contributed by atoms with van der Waals surface area (Å²) >= 11 is 5.52. The maximum Gasteiger partial charge on any atom is 0.446 e. The van der Waals surface area contributed by atoms with E-state index in [-0.39, 0.29) is 29.2 Å². The summed E-state index contributed by atoms with van der Waals surface area (Å²) in [6.45, 7) is 4.23. The molecule has 0 aromatic heterocycles. The van der Waals surface area contributed by atoms with Gasteiger partial charge in [0.15, 0.2) is 0 Å². The van der Waals surface area contributed by atoms with Crippen LogP contribution in [0.3, 0.4) is 0 Å². The van der Waals surface area contributed by atoms with Gasteiger partial charge in [-0.3, -0.25) is 4.79 Å². The number of carbonyl (C=O) groups is 1. The molecule has 1 aliphatic rings. The summed E-state index contributed by atoms with van der Waals surface area (Å²) in [6, 6.07) is 14.1. The van der Waals surface area contributed by atoms with Crippen molar-refractivity contribution in [2.45, 2.75) is 36.4 Å². The van der Waals surface area contributed by atoms with Crippen molar-refractivity contribution < 1.29 is 28.2 Å². The highest BCUT2D eigenvalue weighted by Gasteiger charge is 2.28. The Labute approximate surface area is 190 Å². The number of rotatable bonds is 3. The van der Waals surface area contributed by atoms with Crippen LogP contribution in [-0.4, -0.2) is 48.4 Å². The second-order valence-corrected chi connectivity index (χ2v) is 7.84. The summed E-state index contributed by atoms with van der Waals surface area (Å²) in [5, 5.41) is 22.3. The molecule has 1 atom stereocenters. The predicted molar refractivity (Wildman–Crippen MR) is 119 cm³/mol. The van der Waals surface area contributed by atoms with E-state index in [9.17, 15) is 13.2 Å². The molecule has 2 aromatic carbocycles. The minimum atomic E-state index is -4.20. The highest BCUT2D eigenvalue weighted by Crippen LogP contribution is 2.36. The van der Waals surface area contributed by atoms with Crippen LogP contribution >= 0.6 is 23.4 Å². The summed E-state index contributed by atoms with van der Waals surface area (Å²) in [6.07, 6.45) is 0.866. The lowest BCUT2D eigenvalue weighted by molar-refractivity contribution is -0.122. The van der Waals surface area contributed by atoms with Crippen molar-refractivity contribution in [3.8, 4) is 0 Å². The largest absolute Gasteiger partial charge is 0.483 e. The molecule has 0 spiro atoms. The quantitative estimate of drug-likeness (QED) is 0.376. The molecule has 4 N–H and O–H groups in total. The van der Waals surface area contributed by atoms with Crippen LogP contribution in [0, 0.1) is 6.92 Å². The van der Waals surface area contributed by atoms with Gasteiger partial charge in [-0.05, 0) is 68.5 Å². The van der Waals surface area contributed by atoms with E-state index in [2.05, 4.69) is 10.6 Å². The van der Waals surface area contributed by atoms with Crippen molar-refractivity contribution in [1.29, 1.82) is 0 Å². The van der Waals surface area contributed by atoms with Crippen LogP contribution in [0.1, 0.15) is 17.5 Å². The van der Waals surface area contributed by atoms with Crippen LogP contribution in [0.4, 0.5) is 13.2 Å². The lowest BCUT2D eigenvalue weighted by Gasteiger charge is -2.06. The summed E-state index contributed by atoms with van der Waals surface area (Å²) in [5.41, 5.74) is -1.99. The third-order valence-electron chi connectivity index (χ3n) is 3.58. The van der Waals surface area contributed by atoms with Gasteiger partial charge in [0.25, 0.3) is 6.47 Å². The average molecular weight is 481 g/mol. The fraction of sp³-hybridized carbons (Fsp3) is 0.381. The Hall–Kier alpha value is -1.78. The van der Waals surface area contributed by atoms with E-state index in [1.807, 2.05) is 31.2 Å². The fourth-order valence-electron chi connectivity index (χ4n) is 2.19. The fourth-order valence-corrected chi connectivity index (χ4v) is 2.85. The number of hydrogen-bond donors (Lipinski definition) is 4. The molecule has 31 heavy (non-hydrogen) atoms. The number of thioether (sulfide) groups is 1. The maximum atomic E-state index is 11.9. The molecular formula is C21H28ClF3N2O3S. The van der Waals surface area contributed by atoms with E-state index in [1.54, 1.807) is 19.2 Å². The molecular weight excluding hydrogens is 453 g/mol. The van der Waals surface area contributed by atoms with Gasteiger partial charge in [0.2, 0.25) is 0 Å². The van der Waals surface area contributed by atoms with Crippen molar-refractivity contribution >= 4 is 29.8 Å². The molecule has 1 aliphatic heterocycles. The minimum absolute atomic E-state index is 0.0648. The van der Waals surface area contributed by atoms with Crippen LogP contribution in [0.5, 0.6) is 0 Å². The Morgan fingerprint density at radius 3 is 2.06 bits per heavy atom. The van der Waals surface area contributed by atoms with Gasteiger partial charge in [0, 0.05) is 23.0 Å². The van der Waals surface area contributed by atoms with E-state index in [0.717, 1.165) is 30.1 Å². The minimum Gasteiger partial charge on any atom is -0.483 e. The van der Waals surface area contributed by atoms with Gasteiger partial charge >= 0.3 is 5.51 Å². The number of halogens is 4. The van der Waals surface area contributed by atoms with Gasteiger partial charge in [0.05, 0.1) is 6.10 Å². The number of alkyl halides is 3. The Bertz CT molecular complexity index is 690. The third kappa shape index (κ3) is 17.6. The lowest BCUT2D eigenvalue weighted by Crippen LogP contribution is -2.11. The number of β-amino-alcohol motifs (C(OH)–C–C–N with tert-alkyl or cyclic N) is 1. The van der Waals surface area contributed by atoms with Crippen molar-refractivity contribution in [3.63, 3.8) is 0 Å². The highest BCUT2D eigenvalue weighted by atomic mass is 35.5. The Kier molecular flexibility index (Phi) is 15.9.